The smallest absolute Gasteiger partial charge is 0.0624 e. The van der Waals surface area contributed by atoms with Crippen LogP contribution in [0.15, 0.2) is 30.3 Å². The van der Waals surface area contributed by atoms with E-state index < -0.39 is 0 Å². The number of benzene rings is 1. The van der Waals surface area contributed by atoms with Gasteiger partial charge in [-0.1, -0.05) is 36.8 Å². The monoisotopic (exact) mass is 272 g/mol. The molecule has 1 aromatic heterocycles. The Hall–Kier alpha value is -1.61. The van der Waals surface area contributed by atoms with Gasteiger partial charge in [-0.25, -0.2) is 0 Å². The Bertz CT molecular complexity index is 543. The van der Waals surface area contributed by atoms with Gasteiger partial charge in [0.2, 0.25) is 0 Å². The normalized spacial score (nSPS) is 12.6. The predicted octanol–water partition coefficient (Wildman–Crippen LogP) is 2.68. The molecule has 0 aliphatic heterocycles. The molecular weight excluding hydrogens is 248 g/mol. The van der Waals surface area contributed by atoms with Crippen molar-refractivity contribution in [3.63, 3.8) is 0 Å². The van der Waals surface area contributed by atoms with Crippen LogP contribution in [0.5, 0.6) is 0 Å². The minimum absolute atomic E-state index is 0.209. The molecule has 0 saturated carbocycles. The van der Waals surface area contributed by atoms with Gasteiger partial charge in [-0.3, -0.25) is 4.68 Å². The summed E-state index contributed by atoms with van der Waals surface area (Å²) in [4.78, 5) is 0. The first-order valence-electron chi connectivity index (χ1n) is 7.30. The summed E-state index contributed by atoms with van der Waals surface area (Å²) in [5.41, 5.74) is 4.88. The highest BCUT2D eigenvalue weighted by Gasteiger charge is 2.13. The van der Waals surface area contributed by atoms with Crippen molar-refractivity contribution in [3.8, 4) is 0 Å². The van der Waals surface area contributed by atoms with Crippen molar-refractivity contribution >= 4 is 0 Å². The van der Waals surface area contributed by atoms with Crippen LogP contribution in [-0.2, 0) is 26.3 Å². The maximum Gasteiger partial charge on any atom is 0.0624 e. The number of aliphatic hydroxyl groups excluding tert-OH is 1. The average molecular weight is 272 g/mol. The van der Waals surface area contributed by atoms with Crippen LogP contribution < -0.4 is 0 Å². The fourth-order valence-electron chi connectivity index (χ4n) is 2.49. The third-order valence-electron chi connectivity index (χ3n) is 3.79. The summed E-state index contributed by atoms with van der Waals surface area (Å²) < 4.78 is 1.94. The highest BCUT2D eigenvalue weighted by molar-refractivity contribution is 5.22. The lowest BCUT2D eigenvalue weighted by Gasteiger charge is -2.14. The van der Waals surface area contributed by atoms with Gasteiger partial charge >= 0.3 is 0 Å². The lowest BCUT2D eigenvalue weighted by Crippen LogP contribution is -2.15. The lowest BCUT2D eigenvalue weighted by molar-refractivity contribution is 0.223. The van der Waals surface area contributed by atoms with Crippen LogP contribution in [0.4, 0.5) is 0 Å². The summed E-state index contributed by atoms with van der Waals surface area (Å²) in [5.74, 6) is 0.248. The first-order chi connectivity index (χ1) is 9.62. The molecule has 0 saturated heterocycles. The maximum absolute atomic E-state index is 9.63. The predicted molar refractivity (Wildman–Crippen MR) is 81.7 cm³/mol. The van der Waals surface area contributed by atoms with E-state index >= 15 is 0 Å². The highest BCUT2D eigenvalue weighted by atomic mass is 16.3. The molecule has 1 N–H and O–H groups in total. The van der Waals surface area contributed by atoms with Crippen molar-refractivity contribution in [3.05, 3.63) is 52.8 Å². The minimum atomic E-state index is 0.209. The SMILES string of the molecule is CCc1cc(CC(CO)Cc2ccc(C)cc2)n(C)n1. The molecule has 0 amide bonds. The van der Waals surface area contributed by atoms with E-state index in [0.717, 1.165) is 25.0 Å². The Morgan fingerprint density at radius 2 is 1.90 bits per heavy atom. The number of nitrogens with zero attached hydrogens (tertiary/aromatic N) is 2. The van der Waals surface area contributed by atoms with E-state index in [1.54, 1.807) is 0 Å². The van der Waals surface area contributed by atoms with E-state index in [0.29, 0.717) is 0 Å². The van der Waals surface area contributed by atoms with Crippen LogP contribution in [0.25, 0.3) is 0 Å². The van der Waals surface area contributed by atoms with Crippen molar-refractivity contribution in [1.82, 2.24) is 9.78 Å². The molecule has 1 aromatic carbocycles. The molecule has 1 heterocycles. The molecule has 108 valence electrons. The fourth-order valence-corrected chi connectivity index (χ4v) is 2.49. The Morgan fingerprint density at radius 3 is 2.45 bits per heavy atom. The van der Waals surface area contributed by atoms with Gasteiger partial charge < -0.3 is 5.11 Å². The van der Waals surface area contributed by atoms with Crippen LogP contribution in [0.2, 0.25) is 0 Å². The molecule has 0 aliphatic rings. The first-order valence-corrected chi connectivity index (χ1v) is 7.30. The van der Waals surface area contributed by atoms with E-state index in [1.165, 1.54) is 16.8 Å². The average Bonchev–Trinajstić information content (AvgIpc) is 2.81. The molecule has 3 heteroatoms. The van der Waals surface area contributed by atoms with Gasteiger partial charge in [0.05, 0.1) is 5.69 Å². The van der Waals surface area contributed by atoms with Gasteiger partial charge in [0.1, 0.15) is 0 Å². The number of hydrogen-bond donors (Lipinski definition) is 1. The quantitative estimate of drug-likeness (QED) is 0.878. The molecule has 0 bridgehead atoms. The molecule has 0 radical (unpaired) electrons. The van der Waals surface area contributed by atoms with Crippen molar-refractivity contribution in [2.45, 2.75) is 33.1 Å². The molecule has 0 fully saturated rings. The molecule has 2 rings (SSSR count). The number of aromatic nitrogens is 2. The zero-order valence-corrected chi connectivity index (χ0v) is 12.6. The minimum Gasteiger partial charge on any atom is -0.396 e. The standard InChI is InChI=1S/C17H24N2O/c1-4-16-11-17(19(3)18-16)10-15(12-20)9-14-7-5-13(2)6-8-14/h5-8,11,15,20H,4,9-10,12H2,1-3H3. The largest absolute Gasteiger partial charge is 0.396 e. The third-order valence-corrected chi connectivity index (χ3v) is 3.79. The lowest BCUT2D eigenvalue weighted by atomic mass is 9.95. The van der Waals surface area contributed by atoms with Crippen LogP contribution >= 0.6 is 0 Å². The van der Waals surface area contributed by atoms with Crippen molar-refractivity contribution in [2.24, 2.45) is 13.0 Å². The number of aliphatic hydroxyl groups is 1. The summed E-state index contributed by atoms with van der Waals surface area (Å²) in [6.45, 7) is 4.41. The fraction of sp³-hybridized carbons (Fsp3) is 0.471. The molecule has 0 spiro atoms. The van der Waals surface area contributed by atoms with Gasteiger partial charge in [0.25, 0.3) is 0 Å². The number of aryl methyl sites for hydroxylation is 3. The summed E-state index contributed by atoms with van der Waals surface area (Å²) in [7, 11) is 1.98. The van der Waals surface area contributed by atoms with Gasteiger partial charge in [0.15, 0.2) is 0 Å². The van der Waals surface area contributed by atoms with Crippen molar-refractivity contribution < 1.29 is 5.11 Å². The molecule has 0 aliphatic carbocycles. The zero-order chi connectivity index (χ0) is 14.5. The molecule has 1 unspecified atom stereocenters. The summed E-state index contributed by atoms with van der Waals surface area (Å²) in [5, 5.41) is 14.1. The Balaban J connectivity index is 2.04. The van der Waals surface area contributed by atoms with Crippen LogP contribution in [0.3, 0.4) is 0 Å². The molecular formula is C17H24N2O. The topological polar surface area (TPSA) is 38.0 Å². The first kappa shape index (κ1) is 14.8. The summed E-state index contributed by atoms with van der Waals surface area (Å²) >= 11 is 0. The van der Waals surface area contributed by atoms with Gasteiger partial charge in [0, 0.05) is 19.3 Å². The van der Waals surface area contributed by atoms with Gasteiger partial charge in [-0.05, 0) is 43.7 Å². The van der Waals surface area contributed by atoms with E-state index in [-0.39, 0.29) is 12.5 Å². The number of rotatable bonds is 6. The van der Waals surface area contributed by atoms with Crippen molar-refractivity contribution in [2.75, 3.05) is 6.61 Å². The van der Waals surface area contributed by atoms with Gasteiger partial charge in [-0.15, -0.1) is 0 Å². The second kappa shape index (κ2) is 6.71. The molecule has 20 heavy (non-hydrogen) atoms. The Labute approximate surface area is 121 Å². The van der Waals surface area contributed by atoms with Crippen LogP contribution in [0.1, 0.15) is 29.4 Å². The van der Waals surface area contributed by atoms with E-state index in [4.69, 9.17) is 0 Å². The van der Waals surface area contributed by atoms with E-state index in [9.17, 15) is 5.11 Å². The molecule has 1 atom stereocenters. The molecule has 3 nitrogen and oxygen atoms in total. The molecule has 2 aromatic rings. The van der Waals surface area contributed by atoms with Crippen molar-refractivity contribution in [1.29, 1.82) is 0 Å². The second-order valence-electron chi connectivity index (χ2n) is 5.55. The van der Waals surface area contributed by atoms with Gasteiger partial charge in [-0.2, -0.15) is 5.10 Å². The highest BCUT2D eigenvalue weighted by Crippen LogP contribution is 2.16. The number of hydrogen-bond acceptors (Lipinski definition) is 2. The maximum atomic E-state index is 9.63. The summed E-state index contributed by atoms with van der Waals surface area (Å²) in [6, 6.07) is 10.7. The van der Waals surface area contributed by atoms with Crippen LogP contribution in [0, 0.1) is 12.8 Å². The summed E-state index contributed by atoms with van der Waals surface area (Å²) in [6.07, 6.45) is 2.73. The Morgan fingerprint density at radius 1 is 1.20 bits per heavy atom. The zero-order valence-electron chi connectivity index (χ0n) is 12.6. The third kappa shape index (κ3) is 3.70. The van der Waals surface area contributed by atoms with E-state index in [2.05, 4.69) is 49.3 Å². The second-order valence-corrected chi connectivity index (χ2v) is 5.55. The Kier molecular flexibility index (Phi) is 4.96. The van der Waals surface area contributed by atoms with E-state index in [1.807, 2.05) is 11.7 Å². The van der Waals surface area contributed by atoms with Crippen LogP contribution in [-0.4, -0.2) is 21.5 Å².